The van der Waals surface area contributed by atoms with E-state index in [1.54, 1.807) is 0 Å². The van der Waals surface area contributed by atoms with Crippen molar-refractivity contribution in [3.63, 3.8) is 0 Å². The minimum atomic E-state index is 0.503. The smallest absolute Gasteiger partial charge is 0.134 e. The maximum Gasteiger partial charge on any atom is 0.134 e. The molecule has 1 aliphatic carbocycles. The molecule has 1 N–H and O–H groups in total. The fraction of sp³-hybridized carbons (Fsp3) is 0.579. The first-order valence-corrected chi connectivity index (χ1v) is 8.46. The van der Waals surface area contributed by atoms with Gasteiger partial charge in [0.05, 0.1) is 6.54 Å². The second kappa shape index (κ2) is 6.23. The van der Waals surface area contributed by atoms with Crippen molar-refractivity contribution in [2.75, 3.05) is 0 Å². The molecule has 2 aromatic rings. The Kier molecular flexibility index (Phi) is 4.34. The van der Waals surface area contributed by atoms with Crippen LogP contribution in [0.2, 0.25) is 0 Å². The van der Waals surface area contributed by atoms with Gasteiger partial charge in [-0.1, -0.05) is 33.3 Å². The molecule has 1 saturated carbocycles. The van der Waals surface area contributed by atoms with Gasteiger partial charge in [-0.3, -0.25) is 0 Å². The van der Waals surface area contributed by atoms with Crippen molar-refractivity contribution in [2.24, 2.45) is 0 Å². The molecule has 1 aromatic heterocycles. The Balaban J connectivity index is 1.92. The van der Waals surface area contributed by atoms with Crippen molar-refractivity contribution >= 4 is 11.0 Å². The topological polar surface area (TPSA) is 25.2 Å². The van der Waals surface area contributed by atoms with Gasteiger partial charge < -0.3 is 9.73 Å². The quantitative estimate of drug-likeness (QED) is 0.761. The van der Waals surface area contributed by atoms with Crippen molar-refractivity contribution in [3.05, 3.63) is 35.1 Å². The van der Waals surface area contributed by atoms with Gasteiger partial charge in [0.1, 0.15) is 11.3 Å². The molecule has 0 saturated heterocycles. The van der Waals surface area contributed by atoms with Gasteiger partial charge in [-0.25, -0.2) is 0 Å². The van der Waals surface area contributed by atoms with E-state index in [1.165, 1.54) is 48.6 Å². The van der Waals surface area contributed by atoms with Crippen LogP contribution < -0.4 is 5.32 Å². The highest BCUT2D eigenvalue weighted by Gasteiger charge is 2.23. The van der Waals surface area contributed by atoms with Gasteiger partial charge in [0.25, 0.3) is 0 Å². The monoisotopic (exact) mass is 285 g/mol. The fourth-order valence-corrected chi connectivity index (χ4v) is 3.04. The third kappa shape index (κ3) is 3.32. The van der Waals surface area contributed by atoms with E-state index in [-0.39, 0.29) is 0 Å². The Hall–Kier alpha value is -1.28. The van der Waals surface area contributed by atoms with Crippen molar-refractivity contribution in [3.8, 4) is 0 Å². The molecule has 1 aliphatic rings. The molecular weight excluding hydrogens is 258 g/mol. The Morgan fingerprint density at radius 3 is 2.76 bits per heavy atom. The van der Waals surface area contributed by atoms with E-state index < -0.39 is 0 Å². The van der Waals surface area contributed by atoms with Crippen LogP contribution in [-0.4, -0.2) is 6.04 Å². The van der Waals surface area contributed by atoms with Gasteiger partial charge in [-0.2, -0.15) is 0 Å². The number of aryl methyl sites for hydroxylation is 1. The molecule has 2 heteroatoms. The van der Waals surface area contributed by atoms with Crippen LogP contribution in [0.25, 0.3) is 11.0 Å². The minimum absolute atomic E-state index is 0.503. The number of rotatable bonds is 7. The molecule has 0 amide bonds. The number of nitrogens with one attached hydrogen (secondary N) is 1. The van der Waals surface area contributed by atoms with Crippen molar-refractivity contribution in [1.29, 1.82) is 0 Å². The van der Waals surface area contributed by atoms with Crippen molar-refractivity contribution in [1.82, 2.24) is 5.32 Å². The average molecular weight is 285 g/mol. The molecule has 0 atom stereocenters. The van der Waals surface area contributed by atoms with Crippen molar-refractivity contribution in [2.45, 2.75) is 71.4 Å². The summed E-state index contributed by atoms with van der Waals surface area (Å²) in [7, 11) is 0. The van der Waals surface area contributed by atoms with E-state index in [0.717, 1.165) is 23.9 Å². The van der Waals surface area contributed by atoms with E-state index >= 15 is 0 Å². The molecule has 3 rings (SSSR count). The second-order valence-corrected chi connectivity index (χ2v) is 6.68. The maximum absolute atomic E-state index is 6.14. The van der Waals surface area contributed by atoms with E-state index in [2.05, 4.69) is 44.3 Å². The molecule has 0 unspecified atom stereocenters. The zero-order chi connectivity index (χ0) is 14.8. The van der Waals surface area contributed by atoms with Crippen LogP contribution in [0.4, 0.5) is 0 Å². The lowest BCUT2D eigenvalue weighted by atomic mass is 9.97. The standard InChI is InChI=1S/C19H27NO/c1-4-5-6-14-7-10-17-16(11-14)19(13(2)3)18(21-17)12-20-15-8-9-15/h7,10-11,13,15,20H,4-6,8-9,12H2,1-3H3. The van der Waals surface area contributed by atoms with E-state index in [4.69, 9.17) is 4.42 Å². The van der Waals surface area contributed by atoms with Gasteiger partial charge in [0.2, 0.25) is 0 Å². The Morgan fingerprint density at radius 2 is 2.10 bits per heavy atom. The normalized spacial score (nSPS) is 15.2. The Morgan fingerprint density at radius 1 is 1.29 bits per heavy atom. The Bertz CT molecular complexity index is 607. The molecule has 2 nitrogen and oxygen atoms in total. The minimum Gasteiger partial charge on any atom is -0.459 e. The van der Waals surface area contributed by atoms with Crippen LogP contribution >= 0.6 is 0 Å². The number of fused-ring (bicyclic) bond motifs is 1. The summed E-state index contributed by atoms with van der Waals surface area (Å²) in [5.74, 6) is 1.64. The number of hydrogen-bond donors (Lipinski definition) is 1. The molecule has 1 heterocycles. The maximum atomic E-state index is 6.14. The molecule has 21 heavy (non-hydrogen) atoms. The summed E-state index contributed by atoms with van der Waals surface area (Å²) in [5, 5.41) is 4.91. The summed E-state index contributed by atoms with van der Waals surface area (Å²) in [6.45, 7) is 7.65. The van der Waals surface area contributed by atoms with Crippen molar-refractivity contribution < 1.29 is 4.42 Å². The second-order valence-electron chi connectivity index (χ2n) is 6.68. The molecule has 114 valence electrons. The van der Waals surface area contributed by atoms with Gasteiger partial charge in [0, 0.05) is 17.0 Å². The van der Waals surface area contributed by atoms with Crippen LogP contribution in [0.1, 0.15) is 69.3 Å². The van der Waals surface area contributed by atoms with Crippen LogP contribution in [0.3, 0.4) is 0 Å². The summed E-state index contributed by atoms with van der Waals surface area (Å²) in [5.41, 5.74) is 3.89. The predicted molar refractivity (Wildman–Crippen MR) is 88.8 cm³/mol. The van der Waals surface area contributed by atoms with Crippen LogP contribution in [-0.2, 0) is 13.0 Å². The van der Waals surface area contributed by atoms with E-state index in [0.29, 0.717) is 5.92 Å². The summed E-state index contributed by atoms with van der Waals surface area (Å²) in [6.07, 6.45) is 6.31. The van der Waals surface area contributed by atoms with E-state index in [1.807, 2.05) is 0 Å². The zero-order valence-corrected chi connectivity index (χ0v) is 13.5. The average Bonchev–Trinajstić information content (AvgIpc) is 3.22. The van der Waals surface area contributed by atoms with Crippen LogP contribution in [0.15, 0.2) is 22.6 Å². The Labute approximate surface area is 127 Å². The fourth-order valence-electron chi connectivity index (χ4n) is 3.04. The summed E-state index contributed by atoms with van der Waals surface area (Å²) < 4.78 is 6.14. The third-order valence-electron chi connectivity index (χ3n) is 4.39. The van der Waals surface area contributed by atoms with Crippen LogP contribution in [0.5, 0.6) is 0 Å². The summed E-state index contributed by atoms with van der Waals surface area (Å²) in [6, 6.07) is 7.46. The van der Waals surface area contributed by atoms with Gasteiger partial charge >= 0.3 is 0 Å². The first-order valence-electron chi connectivity index (χ1n) is 8.46. The highest BCUT2D eigenvalue weighted by molar-refractivity contribution is 5.83. The first-order chi connectivity index (χ1) is 10.2. The summed E-state index contributed by atoms with van der Waals surface area (Å²) >= 11 is 0. The third-order valence-corrected chi connectivity index (χ3v) is 4.39. The predicted octanol–water partition coefficient (Wildman–Crippen LogP) is 5.15. The molecule has 0 bridgehead atoms. The highest BCUT2D eigenvalue weighted by Crippen LogP contribution is 2.33. The lowest BCUT2D eigenvalue weighted by Crippen LogP contribution is -2.15. The largest absolute Gasteiger partial charge is 0.459 e. The molecular formula is C19H27NO. The SMILES string of the molecule is CCCCc1ccc2oc(CNC3CC3)c(C(C)C)c2c1. The number of hydrogen-bond acceptors (Lipinski definition) is 2. The number of benzene rings is 1. The molecule has 0 radical (unpaired) electrons. The lowest BCUT2D eigenvalue weighted by Gasteiger charge is -2.08. The first kappa shape index (κ1) is 14.6. The zero-order valence-electron chi connectivity index (χ0n) is 13.5. The number of unbranched alkanes of at least 4 members (excludes halogenated alkanes) is 1. The molecule has 0 spiro atoms. The molecule has 0 aliphatic heterocycles. The van der Waals surface area contributed by atoms with Gasteiger partial charge in [-0.05, 0) is 49.3 Å². The van der Waals surface area contributed by atoms with Gasteiger partial charge in [0.15, 0.2) is 0 Å². The van der Waals surface area contributed by atoms with Crippen LogP contribution in [0, 0.1) is 0 Å². The van der Waals surface area contributed by atoms with Gasteiger partial charge in [-0.15, -0.1) is 0 Å². The number of furan rings is 1. The molecule has 1 aromatic carbocycles. The molecule has 1 fully saturated rings. The summed E-state index contributed by atoms with van der Waals surface area (Å²) in [4.78, 5) is 0. The lowest BCUT2D eigenvalue weighted by molar-refractivity contribution is 0.503. The van der Waals surface area contributed by atoms with E-state index in [9.17, 15) is 0 Å². The highest BCUT2D eigenvalue weighted by atomic mass is 16.3.